The van der Waals surface area contributed by atoms with Crippen molar-refractivity contribution in [3.8, 4) is 17.3 Å². The molecule has 0 saturated heterocycles. The molecule has 0 spiro atoms. The molecule has 0 unspecified atom stereocenters. The van der Waals surface area contributed by atoms with Crippen molar-refractivity contribution in [1.29, 1.82) is 5.26 Å². The summed E-state index contributed by atoms with van der Waals surface area (Å²) in [6.45, 7) is 4.10. The summed E-state index contributed by atoms with van der Waals surface area (Å²) in [6.07, 6.45) is 5.24. The van der Waals surface area contributed by atoms with E-state index in [-0.39, 0.29) is 5.69 Å². The van der Waals surface area contributed by atoms with Gasteiger partial charge in [0, 0.05) is 23.1 Å². The summed E-state index contributed by atoms with van der Waals surface area (Å²) in [7, 11) is 0. The standard InChI is InChI=1S/C22H17N3O2S/c1-15-6-11-20(16(2)12-15)21-14-28-22(24-21)18(13-23)5-3-4-17-7-9-19(10-8-17)25(26)27/h3-12,14H,1-2H3/b4-3+,18-5-. The highest BCUT2D eigenvalue weighted by atomic mass is 32.1. The van der Waals surface area contributed by atoms with Crippen LogP contribution >= 0.6 is 11.3 Å². The zero-order valence-corrected chi connectivity index (χ0v) is 16.2. The Labute approximate surface area is 167 Å². The SMILES string of the molecule is Cc1ccc(-c2csc(/C(C#N)=C\C=C\c3ccc([N+](=O)[O-])cc3)n2)c(C)c1. The number of aryl methyl sites for hydroxylation is 2. The lowest BCUT2D eigenvalue weighted by atomic mass is 10.0. The molecule has 1 heterocycles. The molecule has 0 bridgehead atoms. The lowest BCUT2D eigenvalue weighted by Gasteiger charge is -2.03. The van der Waals surface area contributed by atoms with Crippen LogP contribution in [0.2, 0.25) is 0 Å². The Morgan fingerprint density at radius 3 is 2.61 bits per heavy atom. The molecular weight excluding hydrogens is 370 g/mol. The summed E-state index contributed by atoms with van der Waals surface area (Å²) in [5.41, 5.74) is 5.61. The Morgan fingerprint density at radius 1 is 1.21 bits per heavy atom. The number of thiazole rings is 1. The zero-order valence-electron chi connectivity index (χ0n) is 15.4. The second kappa shape index (κ2) is 8.42. The summed E-state index contributed by atoms with van der Waals surface area (Å²) in [5.74, 6) is 0. The second-order valence-corrected chi connectivity index (χ2v) is 7.11. The van der Waals surface area contributed by atoms with E-state index < -0.39 is 4.92 Å². The van der Waals surface area contributed by atoms with Gasteiger partial charge in [-0.15, -0.1) is 11.3 Å². The van der Waals surface area contributed by atoms with E-state index in [1.165, 1.54) is 29.0 Å². The lowest BCUT2D eigenvalue weighted by Crippen LogP contribution is -1.86. The van der Waals surface area contributed by atoms with E-state index >= 15 is 0 Å². The lowest BCUT2D eigenvalue weighted by molar-refractivity contribution is -0.384. The number of nitro benzene ring substituents is 1. The number of non-ortho nitro benzene ring substituents is 1. The van der Waals surface area contributed by atoms with Gasteiger partial charge in [-0.05, 0) is 43.2 Å². The van der Waals surface area contributed by atoms with Gasteiger partial charge in [0.05, 0.1) is 16.2 Å². The number of nitriles is 1. The fourth-order valence-electron chi connectivity index (χ4n) is 2.74. The molecule has 0 saturated carbocycles. The highest BCUT2D eigenvalue weighted by molar-refractivity contribution is 7.11. The number of hydrogen-bond donors (Lipinski definition) is 0. The molecule has 2 aromatic carbocycles. The number of allylic oxidation sites excluding steroid dienone is 3. The van der Waals surface area contributed by atoms with E-state index in [0.717, 1.165) is 22.4 Å². The molecule has 0 aliphatic carbocycles. The number of rotatable bonds is 5. The predicted molar refractivity (Wildman–Crippen MR) is 113 cm³/mol. The molecule has 0 fully saturated rings. The Bertz CT molecular complexity index is 1120. The average Bonchev–Trinajstić information content (AvgIpc) is 3.15. The Balaban J connectivity index is 1.81. The van der Waals surface area contributed by atoms with Crippen molar-refractivity contribution in [1.82, 2.24) is 4.98 Å². The molecule has 138 valence electrons. The van der Waals surface area contributed by atoms with Crippen molar-refractivity contribution < 1.29 is 4.92 Å². The van der Waals surface area contributed by atoms with Crippen molar-refractivity contribution in [3.05, 3.63) is 91.8 Å². The fraction of sp³-hybridized carbons (Fsp3) is 0.0909. The van der Waals surface area contributed by atoms with Crippen LogP contribution in [0.25, 0.3) is 22.9 Å². The molecule has 5 nitrogen and oxygen atoms in total. The third-order valence-electron chi connectivity index (χ3n) is 4.17. The molecule has 0 aliphatic heterocycles. The number of benzene rings is 2. The zero-order chi connectivity index (χ0) is 20.1. The largest absolute Gasteiger partial charge is 0.269 e. The molecule has 3 rings (SSSR count). The van der Waals surface area contributed by atoms with Crippen LogP contribution in [0.15, 0.2) is 60.0 Å². The predicted octanol–water partition coefficient (Wildman–Crippen LogP) is 5.96. The van der Waals surface area contributed by atoms with Crippen LogP contribution in [0.5, 0.6) is 0 Å². The van der Waals surface area contributed by atoms with Gasteiger partial charge in [0.25, 0.3) is 5.69 Å². The van der Waals surface area contributed by atoms with Crippen molar-refractivity contribution in [2.24, 2.45) is 0 Å². The van der Waals surface area contributed by atoms with Crippen molar-refractivity contribution >= 4 is 28.7 Å². The van der Waals surface area contributed by atoms with E-state index in [9.17, 15) is 15.4 Å². The number of nitro groups is 1. The molecule has 6 heteroatoms. The van der Waals surface area contributed by atoms with Gasteiger partial charge in [-0.1, -0.05) is 35.9 Å². The minimum absolute atomic E-state index is 0.0483. The van der Waals surface area contributed by atoms with Gasteiger partial charge in [-0.25, -0.2) is 4.98 Å². The normalized spacial score (nSPS) is 11.5. The maximum Gasteiger partial charge on any atom is 0.269 e. The highest BCUT2D eigenvalue weighted by Crippen LogP contribution is 2.28. The average molecular weight is 387 g/mol. The maximum atomic E-state index is 10.7. The first kappa shape index (κ1) is 19.2. The molecule has 3 aromatic rings. The number of aromatic nitrogens is 1. The topological polar surface area (TPSA) is 79.8 Å². The minimum atomic E-state index is -0.434. The van der Waals surface area contributed by atoms with Gasteiger partial charge in [-0.2, -0.15) is 5.26 Å². The van der Waals surface area contributed by atoms with Crippen LogP contribution in [-0.2, 0) is 0 Å². The van der Waals surface area contributed by atoms with E-state index in [1.807, 2.05) is 11.4 Å². The van der Waals surface area contributed by atoms with Gasteiger partial charge >= 0.3 is 0 Å². The Morgan fingerprint density at radius 2 is 1.96 bits per heavy atom. The highest BCUT2D eigenvalue weighted by Gasteiger charge is 2.10. The summed E-state index contributed by atoms with van der Waals surface area (Å²) in [5, 5.41) is 22.8. The maximum absolute atomic E-state index is 10.7. The summed E-state index contributed by atoms with van der Waals surface area (Å²) < 4.78 is 0. The van der Waals surface area contributed by atoms with Crippen LogP contribution in [0.4, 0.5) is 5.69 Å². The van der Waals surface area contributed by atoms with Gasteiger partial charge in [0.15, 0.2) is 0 Å². The van der Waals surface area contributed by atoms with Gasteiger partial charge in [-0.3, -0.25) is 10.1 Å². The van der Waals surface area contributed by atoms with E-state index in [2.05, 4.69) is 37.0 Å². The second-order valence-electron chi connectivity index (χ2n) is 6.26. The molecule has 0 atom stereocenters. The van der Waals surface area contributed by atoms with Crippen molar-refractivity contribution in [2.75, 3.05) is 0 Å². The quantitative estimate of drug-likeness (QED) is 0.234. The number of nitrogens with zero attached hydrogens (tertiary/aromatic N) is 3. The summed E-state index contributed by atoms with van der Waals surface area (Å²) in [6, 6.07) is 14.6. The number of hydrogen-bond acceptors (Lipinski definition) is 5. The van der Waals surface area contributed by atoms with Gasteiger partial charge in [0.1, 0.15) is 11.1 Å². The molecule has 0 N–H and O–H groups in total. The molecule has 0 amide bonds. The molecule has 1 aromatic heterocycles. The fourth-order valence-corrected chi connectivity index (χ4v) is 3.54. The third-order valence-corrected chi connectivity index (χ3v) is 5.04. The van der Waals surface area contributed by atoms with E-state index in [1.54, 1.807) is 30.4 Å². The van der Waals surface area contributed by atoms with E-state index in [4.69, 9.17) is 0 Å². The minimum Gasteiger partial charge on any atom is -0.258 e. The van der Waals surface area contributed by atoms with Crippen molar-refractivity contribution in [3.63, 3.8) is 0 Å². The van der Waals surface area contributed by atoms with E-state index in [0.29, 0.717) is 10.6 Å². The molecule has 0 radical (unpaired) electrons. The molecule has 28 heavy (non-hydrogen) atoms. The Kier molecular flexibility index (Phi) is 5.78. The monoisotopic (exact) mass is 387 g/mol. The summed E-state index contributed by atoms with van der Waals surface area (Å²) >= 11 is 1.43. The first-order valence-corrected chi connectivity index (χ1v) is 9.42. The first-order chi connectivity index (χ1) is 13.5. The smallest absolute Gasteiger partial charge is 0.258 e. The van der Waals surface area contributed by atoms with Crippen LogP contribution in [0, 0.1) is 35.3 Å². The van der Waals surface area contributed by atoms with Crippen LogP contribution < -0.4 is 0 Å². The van der Waals surface area contributed by atoms with Crippen LogP contribution in [0.3, 0.4) is 0 Å². The molecule has 0 aliphatic rings. The van der Waals surface area contributed by atoms with Crippen LogP contribution in [0.1, 0.15) is 21.7 Å². The van der Waals surface area contributed by atoms with Crippen LogP contribution in [-0.4, -0.2) is 9.91 Å². The Hall–Kier alpha value is -3.56. The molecular formula is C22H17N3O2S. The first-order valence-electron chi connectivity index (χ1n) is 8.54. The van der Waals surface area contributed by atoms with Gasteiger partial charge < -0.3 is 0 Å². The van der Waals surface area contributed by atoms with Crippen molar-refractivity contribution in [2.45, 2.75) is 13.8 Å². The third kappa shape index (κ3) is 4.40. The summed E-state index contributed by atoms with van der Waals surface area (Å²) in [4.78, 5) is 14.9. The van der Waals surface area contributed by atoms with Gasteiger partial charge in [0.2, 0.25) is 0 Å².